The van der Waals surface area contributed by atoms with Gasteiger partial charge >= 0.3 is 12.0 Å². The molecule has 0 radical (unpaired) electrons. The van der Waals surface area contributed by atoms with Gasteiger partial charge in [-0.1, -0.05) is 0 Å². The lowest BCUT2D eigenvalue weighted by atomic mass is 10.3. The number of anilines is 1. The number of carboxylic acid groups (broad SMARTS) is 1. The summed E-state index contributed by atoms with van der Waals surface area (Å²) in [5.41, 5.74) is -0.0931. The summed E-state index contributed by atoms with van der Waals surface area (Å²) in [4.78, 5) is 21.9. The van der Waals surface area contributed by atoms with Gasteiger partial charge in [-0.15, -0.1) is 0 Å². The first-order valence-corrected chi connectivity index (χ1v) is 5.08. The molecule has 0 bridgehead atoms. The van der Waals surface area contributed by atoms with Crippen molar-refractivity contribution in [1.29, 1.82) is 0 Å². The summed E-state index contributed by atoms with van der Waals surface area (Å²) in [6.45, 7) is 1.30. The molecule has 1 aromatic carbocycles. The number of carbonyl (C=O) groups is 2. The molecule has 0 spiro atoms. The zero-order valence-electron chi connectivity index (χ0n) is 9.86. The van der Waals surface area contributed by atoms with Crippen molar-refractivity contribution in [3.8, 4) is 5.75 Å². The number of carbonyl (C=O) groups excluding carboxylic acids is 1. The van der Waals surface area contributed by atoms with Crippen molar-refractivity contribution in [1.82, 2.24) is 5.32 Å². The smallest absolute Gasteiger partial charge is 0.325 e. The van der Waals surface area contributed by atoms with E-state index in [4.69, 9.17) is 9.84 Å². The highest BCUT2D eigenvalue weighted by Crippen LogP contribution is 2.20. The van der Waals surface area contributed by atoms with Crippen molar-refractivity contribution >= 4 is 17.7 Å². The molecule has 0 aliphatic carbocycles. The van der Waals surface area contributed by atoms with Crippen LogP contribution in [0.4, 0.5) is 14.9 Å². The molecular weight excluding hydrogens is 243 g/mol. The second-order valence-electron chi connectivity index (χ2n) is 3.50. The molecule has 6 nitrogen and oxygen atoms in total. The van der Waals surface area contributed by atoms with Crippen LogP contribution < -0.4 is 15.4 Å². The molecule has 0 aliphatic heterocycles. The Hall–Kier alpha value is -2.31. The summed E-state index contributed by atoms with van der Waals surface area (Å²) in [7, 11) is 1.41. The summed E-state index contributed by atoms with van der Waals surface area (Å²) < 4.78 is 18.2. The quantitative estimate of drug-likeness (QED) is 0.760. The van der Waals surface area contributed by atoms with E-state index in [9.17, 15) is 14.0 Å². The number of methoxy groups -OCH3 is 1. The number of benzene rings is 1. The maximum absolute atomic E-state index is 13.3. The van der Waals surface area contributed by atoms with Crippen LogP contribution in [0.15, 0.2) is 18.2 Å². The molecule has 18 heavy (non-hydrogen) atoms. The van der Waals surface area contributed by atoms with Crippen molar-refractivity contribution < 1.29 is 23.8 Å². The summed E-state index contributed by atoms with van der Waals surface area (Å²) in [5.74, 6) is -1.46. The Labute approximate surface area is 103 Å². The Balaban J connectivity index is 2.72. The number of ether oxygens (including phenoxy) is 1. The van der Waals surface area contributed by atoms with Crippen LogP contribution in [0.2, 0.25) is 0 Å². The van der Waals surface area contributed by atoms with E-state index in [1.165, 1.54) is 26.2 Å². The van der Waals surface area contributed by atoms with Crippen LogP contribution in [0, 0.1) is 5.82 Å². The first-order chi connectivity index (χ1) is 8.43. The first-order valence-electron chi connectivity index (χ1n) is 5.08. The fourth-order valence-electron chi connectivity index (χ4n) is 1.14. The van der Waals surface area contributed by atoms with Gasteiger partial charge in [0.2, 0.25) is 0 Å². The Bertz CT molecular complexity index is 464. The van der Waals surface area contributed by atoms with Gasteiger partial charge in [0.05, 0.1) is 12.8 Å². The zero-order valence-corrected chi connectivity index (χ0v) is 9.86. The molecule has 98 valence electrons. The maximum atomic E-state index is 13.3. The number of rotatable bonds is 4. The van der Waals surface area contributed by atoms with Gasteiger partial charge in [0.1, 0.15) is 17.6 Å². The molecular formula is C11H13FN2O4. The van der Waals surface area contributed by atoms with Crippen molar-refractivity contribution in [2.45, 2.75) is 13.0 Å². The van der Waals surface area contributed by atoms with Gasteiger partial charge in [0, 0.05) is 6.07 Å². The van der Waals surface area contributed by atoms with Gasteiger partial charge < -0.3 is 20.5 Å². The number of nitrogens with one attached hydrogen (secondary N) is 2. The SMILES string of the molecule is COc1ccc(F)c(NC(=O)N[C@@H](C)C(=O)O)c1. The van der Waals surface area contributed by atoms with Gasteiger partial charge in [-0.3, -0.25) is 4.79 Å². The first kappa shape index (κ1) is 13.8. The molecule has 0 heterocycles. The monoisotopic (exact) mass is 256 g/mol. The molecule has 0 aromatic heterocycles. The number of aliphatic carboxylic acids is 1. The van der Waals surface area contributed by atoms with Gasteiger partial charge in [-0.25, -0.2) is 9.18 Å². The number of urea groups is 1. The lowest BCUT2D eigenvalue weighted by molar-refractivity contribution is -0.138. The highest BCUT2D eigenvalue weighted by atomic mass is 19.1. The van der Waals surface area contributed by atoms with Crippen LogP contribution in [0.3, 0.4) is 0 Å². The van der Waals surface area contributed by atoms with Crippen LogP contribution in [-0.4, -0.2) is 30.3 Å². The molecule has 0 unspecified atom stereocenters. The summed E-state index contributed by atoms with van der Waals surface area (Å²) in [6.07, 6.45) is 0. The van der Waals surface area contributed by atoms with Crippen LogP contribution >= 0.6 is 0 Å². The molecule has 7 heteroatoms. The van der Waals surface area contributed by atoms with Crippen molar-refractivity contribution in [2.24, 2.45) is 0 Å². The minimum Gasteiger partial charge on any atom is -0.497 e. The van der Waals surface area contributed by atoms with E-state index in [-0.39, 0.29) is 5.69 Å². The van der Waals surface area contributed by atoms with E-state index < -0.39 is 23.9 Å². The minimum absolute atomic E-state index is 0.0931. The molecule has 1 aromatic rings. The van der Waals surface area contributed by atoms with Crippen LogP contribution in [-0.2, 0) is 4.79 Å². The number of carboxylic acids is 1. The largest absolute Gasteiger partial charge is 0.497 e. The number of amides is 2. The van der Waals surface area contributed by atoms with Gasteiger partial charge in [-0.05, 0) is 19.1 Å². The molecule has 0 aliphatic rings. The van der Waals surface area contributed by atoms with Crippen LogP contribution in [0.5, 0.6) is 5.75 Å². The Morgan fingerprint density at radius 1 is 1.44 bits per heavy atom. The molecule has 3 N–H and O–H groups in total. The standard InChI is InChI=1S/C11H13FN2O4/c1-6(10(15)16)13-11(17)14-9-5-7(18-2)3-4-8(9)12/h3-6H,1-2H3,(H,15,16)(H2,13,14,17)/t6-/m0/s1. The third-order valence-corrected chi connectivity index (χ3v) is 2.14. The minimum atomic E-state index is -1.18. The van der Waals surface area contributed by atoms with Crippen molar-refractivity contribution in [3.05, 3.63) is 24.0 Å². The topological polar surface area (TPSA) is 87.7 Å². The average Bonchev–Trinajstić information content (AvgIpc) is 2.31. The van der Waals surface area contributed by atoms with Gasteiger partial charge in [0.25, 0.3) is 0 Å². The summed E-state index contributed by atoms with van der Waals surface area (Å²) in [5, 5.41) is 12.9. The Morgan fingerprint density at radius 3 is 2.67 bits per heavy atom. The van der Waals surface area contributed by atoms with Crippen LogP contribution in [0.25, 0.3) is 0 Å². The second-order valence-corrected chi connectivity index (χ2v) is 3.50. The fraction of sp³-hybridized carbons (Fsp3) is 0.273. The predicted molar refractivity (Wildman–Crippen MR) is 62.2 cm³/mol. The van der Waals surface area contributed by atoms with Crippen molar-refractivity contribution in [3.63, 3.8) is 0 Å². The van der Waals surface area contributed by atoms with Crippen molar-refractivity contribution in [2.75, 3.05) is 12.4 Å². The van der Waals surface area contributed by atoms with E-state index in [0.29, 0.717) is 5.75 Å². The van der Waals surface area contributed by atoms with E-state index in [1.54, 1.807) is 0 Å². The lowest BCUT2D eigenvalue weighted by Crippen LogP contribution is -2.41. The highest BCUT2D eigenvalue weighted by Gasteiger charge is 2.15. The fourth-order valence-corrected chi connectivity index (χ4v) is 1.14. The molecule has 1 rings (SSSR count). The molecule has 0 saturated heterocycles. The van der Waals surface area contributed by atoms with E-state index in [2.05, 4.69) is 10.6 Å². The molecule has 0 saturated carbocycles. The number of hydrogen-bond acceptors (Lipinski definition) is 3. The number of hydrogen-bond donors (Lipinski definition) is 3. The maximum Gasteiger partial charge on any atom is 0.325 e. The molecule has 0 fully saturated rings. The van der Waals surface area contributed by atoms with Gasteiger partial charge in [-0.2, -0.15) is 0 Å². The normalized spacial score (nSPS) is 11.5. The highest BCUT2D eigenvalue weighted by molar-refractivity contribution is 5.92. The van der Waals surface area contributed by atoms with E-state index >= 15 is 0 Å². The second kappa shape index (κ2) is 5.85. The predicted octanol–water partition coefficient (Wildman–Crippen LogP) is 1.43. The number of halogens is 1. The lowest BCUT2D eigenvalue weighted by Gasteiger charge is -2.11. The van der Waals surface area contributed by atoms with Gasteiger partial charge in [0.15, 0.2) is 0 Å². The third kappa shape index (κ3) is 3.62. The molecule has 2 amide bonds. The Morgan fingerprint density at radius 2 is 2.11 bits per heavy atom. The summed E-state index contributed by atoms with van der Waals surface area (Å²) in [6, 6.07) is 1.95. The third-order valence-electron chi connectivity index (χ3n) is 2.14. The van der Waals surface area contributed by atoms with E-state index in [0.717, 1.165) is 6.07 Å². The zero-order chi connectivity index (χ0) is 13.7. The van der Waals surface area contributed by atoms with Crippen LogP contribution in [0.1, 0.15) is 6.92 Å². The summed E-state index contributed by atoms with van der Waals surface area (Å²) >= 11 is 0. The average molecular weight is 256 g/mol. The van der Waals surface area contributed by atoms with E-state index in [1.807, 2.05) is 0 Å². The molecule has 1 atom stereocenters. The Kier molecular flexibility index (Phi) is 4.47.